The molecule has 0 aromatic heterocycles. The number of benzene rings is 1. The Morgan fingerprint density at radius 2 is 2.11 bits per heavy atom. The van der Waals surface area contributed by atoms with Gasteiger partial charge in [-0.25, -0.2) is 8.78 Å². The number of thiocarbonyl (C=S) groups is 1. The van der Waals surface area contributed by atoms with Crippen molar-refractivity contribution in [1.82, 2.24) is 5.32 Å². The molecule has 1 aromatic carbocycles. The minimum absolute atomic E-state index is 0.0177. The molecule has 98 valence electrons. The average molecular weight is 277 g/mol. The van der Waals surface area contributed by atoms with Gasteiger partial charge in [0, 0.05) is 13.0 Å². The molecule has 1 heterocycles. The van der Waals surface area contributed by atoms with Gasteiger partial charge in [0.05, 0.1) is 0 Å². The van der Waals surface area contributed by atoms with Crippen LogP contribution < -0.4 is 10.1 Å². The molecule has 7 heteroatoms. The molecule has 0 bridgehead atoms. The van der Waals surface area contributed by atoms with Gasteiger partial charge in [-0.05, 0) is 24.4 Å². The maximum Gasteiger partial charge on any atom is 0.257 e. The Balaban J connectivity index is 1.98. The molecule has 0 amide bonds. The molecule has 3 nitrogen and oxygen atoms in total. The Morgan fingerprint density at radius 3 is 2.83 bits per heavy atom. The van der Waals surface area contributed by atoms with Crippen LogP contribution in [0.4, 0.5) is 13.2 Å². The lowest BCUT2D eigenvalue weighted by Crippen LogP contribution is -2.40. The van der Waals surface area contributed by atoms with Gasteiger partial charge in [0.1, 0.15) is 12.7 Å². The standard InChI is InChI=1S/C11H10F3NO2S/c12-7-1-2-8(10(14)9(7)13)16-5-6-3-4-15-11(18)17-6/h1-2,6H,3-5H2,(H,15,18). The van der Waals surface area contributed by atoms with Gasteiger partial charge < -0.3 is 14.8 Å². The first kappa shape index (κ1) is 12.9. The van der Waals surface area contributed by atoms with E-state index in [1.54, 1.807) is 0 Å². The first-order valence-corrected chi connectivity index (χ1v) is 5.69. The molecule has 0 radical (unpaired) electrons. The van der Waals surface area contributed by atoms with E-state index in [4.69, 9.17) is 21.7 Å². The monoisotopic (exact) mass is 277 g/mol. The van der Waals surface area contributed by atoms with Crippen molar-refractivity contribution < 1.29 is 22.6 Å². The highest BCUT2D eigenvalue weighted by Crippen LogP contribution is 2.22. The summed E-state index contributed by atoms with van der Waals surface area (Å²) in [6.07, 6.45) is 0.303. The third-order valence-corrected chi connectivity index (χ3v) is 2.67. The Bertz CT molecular complexity index is 470. The van der Waals surface area contributed by atoms with Gasteiger partial charge in [-0.15, -0.1) is 0 Å². The topological polar surface area (TPSA) is 30.5 Å². The molecule has 0 saturated carbocycles. The quantitative estimate of drug-likeness (QED) is 0.677. The highest BCUT2D eigenvalue weighted by atomic mass is 32.1. The normalized spacial score (nSPS) is 19.1. The van der Waals surface area contributed by atoms with Crippen molar-refractivity contribution in [3.63, 3.8) is 0 Å². The Kier molecular flexibility index (Phi) is 3.90. The van der Waals surface area contributed by atoms with Crippen molar-refractivity contribution in [2.45, 2.75) is 12.5 Å². The largest absolute Gasteiger partial charge is 0.487 e. The summed E-state index contributed by atoms with van der Waals surface area (Å²) in [5.41, 5.74) is 0. The van der Waals surface area contributed by atoms with E-state index in [9.17, 15) is 13.2 Å². The maximum atomic E-state index is 13.3. The molecule has 1 aliphatic heterocycles. The van der Waals surface area contributed by atoms with Crippen LogP contribution in [0.5, 0.6) is 5.75 Å². The van der Waals surface area contributed by atoms with E-state index in [2.05, 4.69) is 5.32 Å². The summed E-state index contributed by atoms with van der Waals surface area (Å²) in [4.78, 5) is 0. The van der Waals surface area contributed by atoms with Gasteiger partial charge in [0.25, 0.3) is 5.17 Å². The van der Waals surface area contributed by atoms with Crippen LogP contribution in [0.3, 0.4) is 0 Å². The zero-order valence-electron chi connectivity index (χ0n) is 9.21. The number of halogens is 3. The molecule has 0 aliphatic carbocycles. The number of nitrogens with one attached hydrogen (secondary N) is 1. The molecule has 1 fully saturated rings. The molecule has 1 atom stereocenters. The van der Waals surface area contributed by atoms with E-state index in [1.807, 2.05) is 0 Å². The summed E-state index contributed by atoms with van der Waals surface area (Å²) >= 11 is 4.80. The van der Waals surface area contributed by atoms with Crippen LogP contribution in [0.1, 0.15) is 6.42 Å². The molecular formula is C11H10F3NO2S. The predicted molar refractivity (Wildman–Crippen MR) is 61.9 cm³/mol. The van der Waals surface area contributed by atoms with E-state index in [-0.39, 0.29) is 23.6 Å². The molecular weight excluding hydrogens is 267 g/mol. The summed E-state index contributed by atoms with van der Waals surface area (Å²) in [7, 11) is 0. The minimum Gasteiger partial charge on any atom is -0.487 e. The number of rotatable bonds is 3. The Hall–Kier alpha value is -1.50. The van der Waals surface area contributed by atoms with Gasteiger partial charge in [0.15, 0.2) is 17.4 Å². The third kappa shape index (κ3) is 2.84. The van der Waals surface area contributed by atoms with E-state index in [0.717, 1.165) is 12.1 Å². The molecule has 1 unspecified atom stereocenters. The van der Waals surface area contributed by atoms with Crippen LogP contribution in [-0.2, 0) is 4.74 Å². The molecule has 0 spiro atoms. The second-order valence-electron chi connectivity index (χ2n) is 3.73. The molecule has 1 saturated heterocycles. The van der Waals surface area contributed by atoms with Crippen molar-refractivity contribution in [3.05, 3.63) is 29.6 Å². The fraction of sp³-hybridized carbons (Fsp3) is 0.364. The average Bonchev–Trinajstić information content (AvgIpc) is 2.35. The highest BCUT2D eigenvalue weighted by molar-refractivity contribution is 7.80. The summed E-state index contributed by atoms with van der Waals surface area (Å²) < 4.78 is 49.2. The van der Waals surface area contributed by atoms with E-state index in [0.29, 0.717) is 13.0 Å². The summed E-state index contributed by atoms with van der Waals surface area (Å²) in [5, 5.41) is 3.06. The van der Waals surface area contributed by atoms with Crippen molar-refractivity contribution in [1.29, 1.82) is 0 Å². The molecule has 18 heavy (non-hydrogen) atoms. The SMILES string of the molecule is Fc1ccc(OCC2CCNC(=S)O2)c(F)c1F. The van der Waals surface area contributed by atoms with Crippen molar-refractivity contribution in [2.24, 2.45) is 0 Å². The highest BCUT2D eigenvalue weighted by Gasteiger charge is 2.20. The number of ether oxygens (including phenoxy) is 2. The lowest BCUT2D eigenvalue weighted by atomic mass is 10.2. The Labute approximate surface area is 107 Å². The van der Waals surface area contributed by atoms with Crippen molar-refractivity contribution in [2.75, 3.05) is 13.2 Å². The van der Waals surface area contributed by atoms with Gasteiger partial charge in [-0.1, -0.05) is 0 Å². The van der Waals surface area contributed by atoms with Crippen molar-refractivity contribution in [3.8, 4) is 5.75 Å². The van der Waals surface area contributed by atoms with Crippen LogP contribution in [0.15, 0.2) is 12.1 Å². The summed E-state index contributed by atoms with van der Waals surface area (Å²) in [5.74, 6) is -4.48. The lowest BCUT2D eigenvalue weighted by Gasteiger charge is -2.25. The summed E-state index contributed by atoms with van der Waals surface area (Å²) in [6.45, 7) is 0.650. The van der Waals surface area contributed by atoms with E-state index >= 15 is 0 Å². The smallest absolute Gasteiger partial charge is 0.257 e. The first-order chi connectivity index (χ1) is 8.58. The number of hydrogen-bond acceptors (Lipinski definition) is 3. The van der Waals surface area contributed by atoms with Crippen LogP contribution in [0.2, 0.25) is 0 Å². The summed E-state index contributed by atoms with van der Waals surface area (Å²) in [6, 6.07) is 1.84. The van der Waals surface area contributed by atoms with E-state index in [1.165, 1.54) is 0 Å². The second kappa shape index (κ2) is 5.43. The predicted octanol–water partition coefficient (Wildman–Crippen LogP) is 2.15. The lowest BCUT2D eigenvalue weighted by molar-refractivity contribution is 0.0931. The van der Waals surface area contributed by atoms with Gasteiger partial charge in [-0.3, -0.25) is 0 Å². The zero-order valence-corrected chi connectivity index (χ0v) is 10.0. The van der Waals surface area contributed by atoms with Crippen LogP contribution in [-0.4, -0.2) is 24.4 Å². The zero-order chi connectivity index (χ0) is 13.1. The molecule has 1 aromatic rings. The second-order valence-corrected chi connectivity index (χ2v) is 4.10. The molecule has 1 aliphatic rings. The minimum atomic E-state index is -1.55. The van der Waals surface area contributed by atoms with Crippen LogP contribution in [0.25, 0.3) is 0 Å². The molecule has 2 rings (SSSR count). The maximum absolute atomic E-state index is 13.3. The van der Waals surface area contributed by atoms with Gasteiger partial charge >= 0.3 is 0 Å². The fourth-order valence-electron chi connectivity index (χ4n) is 1.51. The van der Waals surface area contributed by atoms with Crippen molar-refractivity contribution >= 4 is 17.4 Å². The van der Waals surface area contributed by atoms with Gasteiger partial charge in [0.2, 0.25) is 5.82 Å². The molecule has 1 N–H and O–H groups in total. The number of hydrogen-bond donors (Lipinski definition) is 1. The fourth-order valence-corrected chi connectivity index (χ4v) is 1.75. The van der Waals surface area contributed by atoms with Gasteiger partial charge in [-0.2, -0.15) is 4.39 Å². The van der Waals surface area contributed by atoms with Crippen LogP contribution in [0, 0.1) is 17.5 Å². The van der Waals surface area contributed by atoms with E-state index < -0.39 is 17.5 Å². The first-order valence-electron chi connectivity index (χ1n) is 5.28. The third-order valence-electron chi connectivity index (χ3n) is 2.43. The van der Waals surface area contributed by atoms with Crippen LogP contribution >= 0.6 is 12.2 Å². The Morgan fingerprint density at radius 1 is 1.33 bits per heavy atom.